The lowest BCUT2D eigenvalue weighted by molar-refractivity contribution is 0.111. The maximum absolute atomic E-state index is 6.34. The zero-order valence-electron chi connectivity index (χ0n) is 14.8. The molecule has 3 rings (SSSR count). The fourth-order valence-corrected chi connectivity index (χ4v) is 3.10. The Labute approximate surface area is 158 Å². The largest absolute Gasteiger partial charge is 0.484 e. The lowest BCUT2D eigenvalue weighted by Gasteiger charge is -2.30. The molecular weight excluding hydrogens is 352 g/mol. The van der Waals surface area contributed by atoms with Gasteiger partial charge in [-0.05, 0) is 56.1 Å². The fourth-order valence-electron chi connectivity index (χ4n) is 3.00. The van der Waals surface area contributed by atoms with E-state index in [9.17, 15) is 0 Å². The molecule has 1 saturated heterocycles. The van der Waals surface area contributed by atoms with E-state index < -0.39 is 0 Å². The minimum atomic E-state index is -0.188. The summed E-state index contributed by atoms with van der Waals surface area (Å²) in [6.07, 6.45) is 3.68. The standard InChI is InChI=1S/C19H23ClN4O2/c1-2-25-22-12-14-5-3-7-16(11-14)26-19(15-6-4-10-21-13-15)17-8-9-18(20)24-23-17/h3,5,7-9,11-12,15,19,21H,2,4,6,10,13H2,1H3. The van der Waals surface area contributed by atoms with Crippen LogP contribution < -0.4 is 10.1 Å². The zero-order valence-corrected chi connectivity index (χ0v) is 15.5. The van der Waals surface area contributed by atoms with Crippen LogP contribution in [-0.4, -0.2) is 36.1 Å². The molecule has 7 heteroatoms. The number of rotatable bonds is 7. The molecule has 138 valence electrons. The van der Waals surface area contributed by atoms with Crippen molar-refractivity contribution in [3.8, 4) is 5.75 Å². The summed E-state index contributed by atoms with van der Waals surface area (Å²) in [5.41, 5.74) is 1.70. The number of benzene rings is 1. The lowest BCUT2D eigenvalue weighted by Crippen LogP contribution is -2.35. The Bertz CT molecular complexity index is 718. The quantitative estimate of drug-likeness (QED) is 0.592. The normalized spacial score (nSPS) is 18.6. The first-order valence-corrected chi connectivity index (χ1v) is 9.26. The zero-order chi connectivity index (χ0) is 18.2. The summed E-state index contributed by atoms with van der Waals surface area (Å²) >= 11 is 5.89. The Kier molecular flexibility index (Phi) is 6.80. The van der Waals surface area contributed by atoms with Crippen molar-refractivity contribution >= 4 is 17.8 Å². The van der Waals surface area contributed by atoms with Crippen molar-refractivity contribution in [2.45, 2.75) is 25.9 Å². The fraction of sp³-hybridized carbons (Fsp3) is 0.421. The Morgan fingerprint density at radius 3 is 3.00 bits per heavy atom. The van der Waals surface area contributed by atoms with E-state index in [1.807, 2.05) is 37.3 Å². The second kappa shape index (κ2) is 9.50. The van der Waals surface area contributed by atoms with E-state index in [1.165, 1.54) is 0 Å². The van der Waals surface area contributed by atoms with Crippen molar-refractivity contribution in [3.63, 3.8) is 0 Å². The van der Waals surface area contributed by atoms with Crippen LogP contribution >= 0.6 is 11.6 Å². The highest BCUT2D eigenvalue weighted by molar-refractivity contribution is 6.29. The SMILES string of the molecule is CCON=Cc1cccc(OC(c2ccc(Cl)nn2)C2CCCNC2)c1. The van der Waals surface area contributed by atoms with Gasteiger partial charge in [-0.3, -0.25) is 0 Å². The third-order valence-electron chi connectivity index (χ3n) is 4.23. The van der Waals surface area contributed by atoms with Crippen molar-refractivity contribution in [1.82, 2.24) is 15.5 Å². The van der Waals surface area contributed by atoms with Gasteiger partial charge in [0.05, 0.1) is 6.21 Å². The molecule has 0 radical (unpaired) electrons. The number of oxime groups is 1. The number of aromatic nitrogens is 2. The minimum absolute atomic E-state index is 0.188. The molecule has 1 aromatic heterocycles. The molecule has 1 N–H and O–H groups in total. The van der Waals surface area contributed by atoms with Crippen LogP contribution in [0.3, 0.4) is 0 Å². The van der Waals surface area contributed by atoms with Gasteiger partial charge in [-0.2, -0.15) is 5.10 Å². The van der Waals surface area contributed by atoms with Crippen LogP contribution in [0.2, 0.25) is 5.15 Å². The monoisotopic (exact) mass is 374 g/mol. The third kappa shape index (κ3) is 5.16. The summed E-state index contributed by atoms with van der Waals surface area (Å²) in [5.74, 6) is 1.08. The second-order valence-electron chi connectivity index (χ2n) is 6.15. The number of nitrogens with zero attached hydrogens (tertiary/aromatic N) is 3. The molecule has 2 aromatic rings. The molecule has 6 nitrogen and oxygen atoms in total. The van der Waals surface area contributed by atoms with Crippen LogP contribution in [0.25, 0.3) is 0 Å². The number of ether oxygens (including phenoxy) is 1. The first-order chi connectivity index (χ1) is 12.8. The Morgan fingerprint density at radius 2 is 2.27 bits per heavy atom. The number of hydrogen-bond donors (Lipinski definition) is 1. The average molecular weight is 375 g/mol. The molecule has 0 bridgehead atoms. The number of halogens is 1. The molecule has 1 fully saturated rings. The summed E-state index contributed by atoms with van der Waals surface area (Å²) in [6.45, 7) is 4.37. The first-order valence-electron chi connectivity index (χ1n) is 8.88. The summed E-state index contributed by atoms with van der Waals surface area (Å²) < 4.78 is 6.34. The molecule has 1 aliphatic heterocycles. The Balaban J connectivity index is 1.81. The van der Waals surface area contributed by atoms with E-state index in [0.29, 0.717) is 17.7 Å². The maximum atomic E-state index is 6.34. The predicted molar refractivity (Wildman–Crippen MR) is 102 cm³/mol. The minimum Gasteiger partial charge on any atom is -0.484 e. The number of nitrogens with one attached hydrogen (secondary N) is 1. The van der Waals surface area contributed by atoms with Gasteiger partial charge in [-0.25, -0.2) is 0 Å². The van der Waals surface area contributed by atoms with Gasteiger partial charge >= 0.3 is 0 Å². The molecule has 0 spiro atoms. The van der Waals surface area contributed by atoms with Gasteiger partial charge in [0.2, 0.25) is 0 Å². The van der Waals surface area contributed by atoms with E-state index in [2.05, 4.69) is 20.7 Å². The van der Waals surface area contributed by atoms with Crippen LogP contribution in [0.1, 0.15) is 37.1 Å². The third-order valence-corrected chi connectivity index (χ3v) is 4.44. The summed E-state index contributed by atoms with van der Waals surface area (Å²) in [5, 5.41) is 16.0. The molecule has 1 aromatic carbocycles. The molecule has 2 atom stereocenters. The molecular formula is C19H23ClN4O2. The summed E-state index contributed by atoms with van der Waals surface area (Å²) in [7, 11) is 0. The van der Waals surface area contributed by atoms with Gasteiger partial charge in [0.1, 0.15) is 24.2 Å². The molecule has 2 unspecified atom stereocenters. The highest BCUT2D eigenvalue weighted by Gasteiger charge is 2.28. The van der Waals surface area contributed by atoms with Gasteiger partial charge in [0.25, 0.3) is 0 Å². The van der Waals surface area contributed by atoms with Gasteiger partial charge in [0, 0.05) is 12.5 Å². The van der Waals surface area contributed by atoms with Gasteiger partial charge in [-0.15, -0.1) is 5.10 Å². The molecule has 26 heavy (non-hydrogen) atoms. The van der Waals surface area contributed by atoms with E-state index in [0.717, 1.165) is 42.9 Å². The van der Waals surface area contributed by atoms with E-state index >= 15 is 0 Å². The van der Waals surface area contributed by atoms with Crippen molar-refractivity contribution in [2.75, 3.05) is 19.7 Å². The van der Waals surface area contributed by atoms with E-state index in [1.54, 1.807) is 12.3 Å². The van der Waals surface area contributed by atoms with Crippen LogP contribution in [-0.2, 0) is 4.84 Å². The summed E-state index contributed by atoms with van der Waals surface area (Å²) in [6, 6.07) is 11.4. The van der Waals surface area contributed by atoms with Gasteiger partial charge in [0.15, 0.2) is 5.15 Å². The van der Waals surface area contributed by atoms with Crippen molar-refractivity contribution in [2.24, 2.45) is 11.1 Å². The summed E-state index contributed by atoms with van der Waals surface area (Å²) in [4.78, 5) is 5.02. The second-order valence-corrected chi connectivity index (χ2v) is 6.54. The van der Waals surface area contributed by atoms with Crippen molar-refractivity contribution in [3.05, 3.63) is 52.8 Å². The smallest absolute Gasteiger partial charge is 0.151 e. The van der Waals surface area contributed by atoms with Crippen LogP contribution in [0, 0.1) is 5.92 Å². The van der Waals surface area contributed by atoms with Crippen LogP contribution in [0.5, 0.6) is 5.75 Å². The average Bonchev–Trinajstić information content (AvgIpc) is 2.68. The van der Waals surface area contributed by atoms with Crippen molar-refractivity contribution < 1.29 is 9.57 Å². The number of piperidine rings is 1. The maximum Gasteiger partial charge on any atom is 0.151 e. The van der Waals surface area contributed by atoms with Gasteiger partial charge < -0.3 is 14.9 Å². The predicted octanol–water partition coefficient (Wildman–Crippen LogP) is 3.62. The number of hydrogen-bond acceptors (Lipinski definition) is 6. The molecule has 0 amide bonds. The van der Waals surface area contributed by atoms with Crippen LogP contribution in [0.4, 0.5) is 0 Å². The van der Waals surface area contributed by atoms with Crippen molar-refractivity contribution in [1.29, 1.82) is 0 Å². The first kappa shape index (κ1) is 18.6. The Hall–Kier alpha value is -2.18. The topological polar surface area (TPSA) is 68.6 Å². The van der Waals surface area contributed by atoms with E-state index in [-0.39, 0.29) is 6.10 Å². The highest BCUT2D eigenvalue weighted by Crippen LogP contribution is 2.31. The molecule has 2 heterocycles. The van der Waals surface area contributed by atoms with Crippen LogP contribution in [0.15, 0.2) is 41.6 Å². The highest BCUT2D eigenvalue weighted by atomic mass is 35.5. The molecule has 0 saturated carbocycles. The lowest BCUT2D eigenvalue weighted by atomic mass is 9.91. The van der Waals surface area contributed by atoms with E-state index in [4.69, 9.17) is 21.2 Å². The molecule has 0 aliphatic carbocycles. The Morgan fingerprint density at radius 1 is 1.35 bits per heavy atom. The van der Waals surface area contributed by atoms with Gasteiger partial charge in [-0.1, -0.05) is 28.9 Å². The molecule has 1 aliphatic rings.